The number of fused-ring (bicyclic) bond motifs is 1. The number of benzene rings is 3. The molecule has 0 aliphatic carbocycles. The van der Waals surface area contributed by atoms with Crippen molar-refractivity contribution < 1.29 is 14.3 Å². The molecule has 0 bridgehead atoms. The number of ether oxygens (including phenoxy) is 1. The third-order valence-electron chi connectivity index (χ3n) is 6.57. The molecule has 2 amide bonds. The van der Waals surface area contributed by atoms with Crippen LogP contribution in [0.15, 0.2) is 85.3 Å². The lowest BCUT2D eigenvalue weighted by Crippen LogP contribution is -2.40. The Morgan fingerprint density at radius 2 is 1.64 bits per heavy atom. The van der Waals surface area contributed by atoms with E-state index in [9.17, 15) is 9.59 Å². The van der Waals surface area contributed by atoms with E-state index >= 15 is 0 Å². The van der Waals surface area contributed by atoms with E-state index in [4.69, 9.17) is 0 Å². The number of hydrogen-bond acceptors (Lipinski definition) is 7. The van der Waals surface area contributed by atoms with Crippen molar-refractivity contribution in [2.24, 2.45) is 0 Å². The van der Waals surface area contributed by atoms with E-state index in [1.807, 2.05) is 55.6 Å². The van der Waals surface area contributed by atoms with Gasteiger partial charge in [-0.1, -0.05) is 75.7 Å². The molecule has 3 aromatic carbocycles. The van der Waals surface area contributed by atoms with Gasteiger partial charge in [-0.05, 0) is 47.4 Å². The van der Waals surface area contributed by atoms with Crippen LogP contribution in [0.3, 0.4) is 0 Å². The number of aromatic nitrogens is 4. The van der Waals surface area contributed by atoms with E-state index in [1.165, 1.54) is 19.9 Å². The van der Waals surface area contributed by atoms with Crippen molar-refractivity contribution in [2.45, 2.75) is 40.2 Å². The molecule has 0 saturated carbocycles. The Morgan fingerprint density at radius 1 is 0.932 bits per heavy atom. The quantitative estimate of drug-likeness (QED) is 0.160. The molecule has 0 unspecified atom stereocenters. The lowest BCUT2D eigenvalue weighted by atomic mass is 10.0. The Labute approximate surface area is 257 Å². The summed E-state index contributed by atoms with van der Waals surface area (Å²) >= 11 is 0. The summed E-state index contributed by atoms with van der Waals surface area (Å²) in [6.07, 6.45) is 4.74. The van der Waals surface area contributed by atoms with Crippen LogP contribution in [-0.2, 0) is 16.1 Å². The average molecular weight is 594 g/mol. The van der Waals surface area contributed by atoms with Crippen molar-refractivity contribution in [2.75, 3.05) is 25.5 Å². The topological polar surface area (TPSA) is 125 Å². The Bertz CT molecular complexity index is 1650. The zero-order valence-electron chi connectivity index (χ0n) is 25.6. The van der Waals surface area contributed by atoms with Crippen molar-refractivity contribution in [3.63, 3.8) is 0 Å². The van der Waals surface area contributed by atoms with Crippen molar-refractivity contribution in [3.05, 3.63) is 91.1 Å². The van der Waals surface area contributed by atoms with Crippen LogP contribution in [0, 0.1) is 0 Å². The summed E-state index contributed by atoms with van der Waals surface area (Å²) < 4.78 is 4.55. The summed E-state index contributed by atoms with van der Waals surface area (Å²) in [6, 6.07) is 24.2. The SMILES string of the molecule is CCC.CCCN(Cc1nc2ccc(-c3ccc(-c4cncnc4Nc4ccccc4)cc3)cc2[nH]1)C(=O)CNC(=O)OC. The third-order valence-corrected chi connectivity index (χ3v) is 6.57. The number of amides is 2. The van der Waals surface area contributed by atoms with Crippen molar-refractivity contribution in [3.8, 4) is 22.3 Å². The number of anilines is 2. The number of H-pyrrole nitrogens is 1. The molecule has 0 aliphatic rings. The molecule has 228 valence electrons. The normalized spacial score (nSPS) is 10.5. The van der Waals surface area contributed by atoms with Crippen LogP contribution in [-0.4, -0.2) is 57.0 Å². The van der Waals surface area contributed by atoms with Crippen LogP contribution >= 0.6 is 0 Å². The molecule has 0 atom stereocenters. The van der Waals surface area contributed by atoms with Crippen LogP contribution in [0.25, 0.3) is 33.3 Å². The first-order valence-electron chi connectivity index (χ1n) is 14.8. The monoisotopic (exact) mass is 593 g/mol. The van der Waals surface area contributed by atoms with Gasteiger partial charge < -0.3 is 25.3 Å². The molecular weight excluding hydrogens is 554 g/mol. The first-order chi connectivity index (χ1) is 21.4. The first kappa shape index (κ1) is 31.7. The molecular formula is C34H39N7O3. The van der Waals surface area contributed by atoms with Gasteiger partial charge in [0.15, 0.2) is 0 Å². The number of carbonyl (C=O) groups excluding carboxylic acids is 2. The van der Waals surface area contributed by atoms with Gasteiger partial charge in [-0.25, -0.2) is 19.7 Å². The summed E-state index contributed by atoms with van der Waals surface area (Å²) in [5, 5.41) is 5.82. The summed E-state index contributed by atoms with van der Waals surface area (Å²) in [4.78, 5) is 42.4. The number of nitrogens with one attached hydrogen (secondary N) is 3. The summed E-state index contributed by atoms with van der Waals surface area (Å²) in [6.45, 7) is 6.97. The van der Waals surface area contributed by atoms with Gasteiger partial charge in [0.2, 0.25) is 5.91 Å². The fourth-order valence-corrected chi connectivity index (χ4v) is 4.53. The molecule has 0 aliphatic heterocycles. The molecule has 10 nitrogen and oxygen atoms in total. The number of alkyl carbamates (subject to hydrolysis) is 1. The van der Waals surface area contributed by atoms with Crippen molar-refractivity contribution in [1.82, 2.24) is 30.2 Å². The van der Waals surface area contributed by atoms with Gasteiger partial charge in [0.25, 0.3) is 0 Å². The smallest absolute Gasteiger partial charge is 0.407 e. The first-order valence-corrected chi connectivity index (χ1v) is 14.8. The molecule has 0 saturated heterocycles. The Morgan fingerprint density at radius 3 is 2.34 bits per heavy atom. The van der Waals surface area contributed by atoms with Gasteiger partial charge in [0, 0.05) is 24.0 Å². The predicted molar refractivity (Wildman–Crippen MR) is 174 cm³/mol. The van der Waals surface area contributed by atoms with Gasteiger partial charge in [0.1, 0.15) is 24.5 Å². The maximum absolute atomic E-state index is 12.7. The van der Waals surface area contributed by atoms with E-state index in [2.05, 4.69) is 79.5 Å². The number of nitrogens with zero attached hydrogens (tertiary/aromatic N) is 4. The van der Waals surface area contributed by atoms with E-state index < -0.39 is 6.09 Å². The maximum Gasteiger partial charge on any atom is 0.407 e. The number of aromatic amines is 1. The van der Waals surface area contributed by atoms with Crippen LogP contribution in [0.5, 0.6) is 0 Å². The van der Waals surface area contributed by atoms with Gasteiger partial charge in [-0.2, -0.15) is 0 Å². The lowest BCUT2D eigenvalue weighted by Gasteiger charge is -2.21. The number of methoxy groups -OCH3 is 1. The minimum Gasteiger partial charge on any atom is -0.453 e. The largest absolute Gasteiger partial charge is 0.453 e. The van der Waals surface area contributed by atoms with E-state index in [0.717, 1.165) is 51.2 Å². The summed E-state index contributed by atoms with van der Waals surface area (Å²) in [7, 11) is 1.26. The van der Waals surface area contributed by atoms with Gasteiger partial charge >= 0.3 is 6.09 Å². The molecule has 0 spiro atoms. The highest BCUT2D eigenvalue weighted by Gasteiger charge is 2.17. The molecule has 0 radical (unpaired) electrons. The molecule has 0 fully saturated rings. The zero-order chi connectivity index (χ0) is 31.3. The summed E-state index contributed by atoms with van der Waals surface area (Å²) in [5.41, 5.74) is 6.65. The number of hydrogen-bond donors (Lipinski definition) is 3. The van der Waals surface area contributed by atoms with Crippen LogP contribution < -0.4 is 10.6 Å². The van der Waals surface area contributed by atoms with Crippen molar-refractivity contribution >= 4 is 34.5 Å². The molecule has 2 aromatic heterocycles. The Hall–Kier alpha value is -5.25. The molecule has 5 aromatic rings. The Balaban J connectivity index is 0.00000141. The second kappa shape index (κ2) is 15.8. The number of imidazole rings is 1. The average Bonchev–Trinajstić information content (AvgIpc) is 3.46. The molecule has 3 N–H and O–H groups in total. The van der Waals surface area contributed by atoms with E-state index in [0.29, 0.717) is 18.9 Å². The highest BCUT2D eigenvalue weighted by Crippen LogP contribution is 2.30. The van der Waals surface area contributed by atoms with Gasteiger partial charge in [0.05, 0.1) is 24.7 Å². The summed E-state index contributed by atoms with van der Waals surface area (Å²) in [5.74, 6) is 1.21. The number of para-hydroxylation sites is 1. The van der Waals surface area contributed by atoms with Crippen molar-refractivity contribution in [1.29, 1.82) is 0 Å². The fraction of sp³-hybridized carbons (Fsp3) is 0.265. The maximum atomic E-state index is 12.7. The van der Waals surface area contributed by atoms with Crippen LogP contribution in [0.1, 0.15) is 39.4 Å². The Kier molecular flexibility index (Phi) is 11.4. The third kappa shape index (κ3) is 8.41. The second-order valence-electron chi connectivity index (χ2n) is 10.1. The minimum absolute atomic E-state index is 0.133. The van der Waals surface area contributed by atoms with E-state index in [1.54, 1.807) is 4.90 Å². The van der Waals surface area contributed by atoms with E-state index in [-0.39, 0.29) is 12.5 Å². The molecule has 44 heavy (non-hydrogen) atoms. The number of carbonyl (C=O) groups is 2. The molecule has 2 heterocycles. The fourth-order valence-electron chi connectivity index (χ4n) is 4.53. The minimum atomic E-state index is -0.638. The second-order valence-corrected chi connectivity index (χ2v) is 10.1. The van der Waals surface area contributed by atoms with Gasteiger partial charge in [-0.3, -0.25) is 4.79 Å². The van der Waals surface area contributed by atoms with Crippen LogP contribution in [0.4, 0.5) is 16.3 Å². The standard InChI is InChI=1S/C31H31N7O3.C3H8/c1-3-15-38(29(39)18-33-31(40)41-2)19-28-36-26-14-13-23(16-27(26)37-28)21-9-11-22(12-10-21)25-17-32-20-34-30(25)35-24-7-5-4-6-8-24;1-3-2/h4-14,16-17,20H,3,15,18-19H2,1-2H3,(H,33,40)(H,36,37)(H,32,34,35);3H2,1-2H3. The highest BCUT2D eigenvalue weighted by molar-refractivity contribution is 5.84. The predicted octanol–water partition coefficient (Wildman–Crippen LogP) is 6.94. The van der Waals surface area contributed by atoms with Crippen LogP contribution in [0.2, 0.25) is 0 Å². The van der Waals surface area contributed by atoms with Gasteiger partial charge in [-0.15, -0.1) is 0 Å². The lowest BCUT2D eigenvalue weighted by molar-refractivity contribution is -0.130. The highest BCUT2D eigenvalue weighted by atomic mass is 16.5. The zero-order valence-corrected chi connectivity index (χ0v) is 25.6. The molecule has 10 heteroatoms. The molecule has 5 rings (SSSR count). The number of rotatable bonds is 10.